The number of rotatable bonds is 5. The number of methoxy groups -OCH3 is 2. The van der Waals surface area contributed by atoms with Gasteiger partial charge in [0.05, 0.1) is 36.4 Å². The van der Waals surface area contributed by atoms with E-state index in [2.05, 4.69) is 16.0 Å². The zero-order valence-electron chi connectivity index (χ0n) is 16.3. The SMILES string of the molecule is COC(=O)c1ccc(-c2ccc(/C=C(\C#N)c3nc4ccc(OC)cc4[nH]3)o2)cc1. The normalized spacial score (nSPS) is 11.3. The van der Waals surface area contributed by atoms with Crippen molar-refractivity contribution in [2.24, 2.45) is 0 Å². The molecule has 0 bridgehead atoms. The fourth-order valence-corrected chi connectivity index (χ4v) is 3.01. The number of hydrogen-bond donors (Lipinski definition) is 1. The monoisotopic (exact) mass is 399 g/mol. The number of fused-ring (bicyclic) bond motifs is 1. The Bertz CT molecular complexity index is 1290. The number of imidazole rings is 1. The van der Waals surface area contributed by atoms with Gasteiger partial charge in [0, 0.05) is 17.7 Å². The molecule has 148 valence electrons. The van der Waals surface area contributed by atoms with Crippen LogP contribution in [0.25, 0.3) is 34.0 Å². The molecule has 2 heterocycles. The molecule has 2 aromatic heterocycles. The lowest BCUT2D eigenvalue weighted by Crippen LogP contribution is -2.00. The maximum absolute atomic E-state index is 11.6. The van der Waals surface area contributed by atoms with Crippen LogP contribution in [0.1, 0.15) is 21.9 Å². The lowest BCUT2D eigenvalue weighted by atomic mass is 10.1. The summed E-state index contributed by atoms with van der Waals surface area (Å²) in [6, 6.07) is 18.1. The van der Waals surface area contributed by atoms with Crippen molar-refractivity contribution in [3.05, 3.63) is 71.7 Å². The topological polar surface area (TPSA) is 101 Å². The van der Waals surface area contributed by atoms with Crippen LogP contribution in [0.3, 0.4) is 0 Å². The Hall–Kier alpha value is -4.31. The molecular weight excluding hydrogens is 382 g/mol. The molecule has 0 aliphatic rings. The quantitative estimate of drug-likeness (QED) is 0.386. The number of hydrogen-bond acceptors (Lipinski definition) is 6. The van der Waals surface area contributed by atoms with E-state index >= 15 is 0 Å². The van der Waals surface area contributed by atoms with E-state index in [0.717, 1.165) is 16.6 Å². The van der Waals surface area contributed by atoms with Crippen LogP contribution >= 0.6 is 0 Å². The fourth-order valence-electron chi connectivity index (χ4n) is 3.01. The summed E-state index contributed by atoms with van der Waals surface area (Å²) in [5, 5.41) is 9.61. The third-order valence-corrected chi connectivity index (χ3v) is 4.57. The van der Waals surface area contributed by atoms with E-state index in [1.807, 2.05) is 18.2 Å². The predicted octanol–water partition coefficient (Wildman–Crippen LogP) is 4.68. The van der Waals surface area contributed by atoms with Gasteiger partial charge in [-0.15, -0.1) is 0 Å². The molecule has 4 aromatic rings. The van der Waals surface area contributed by atoms with Crippen LogP contribution in [0.2, 0.25) is 0 Å². The molecule has 30 heavy (non-hydrogen) atoms. The number of benzene rings is 2. The van der Waals surface area contributed by atoms with E-state index in [1.54, 1.807) is 49.6 Å². The van der Waals surface area contributed by atoms with Gasteiger partial charge in [-0.05, 0) is 36.4 Å². The van der Waals surface area contributed by atoms with Crippen molar-refractivity contribution < 1.29 is 18.7 Å². The van der Waals surface area contributed by atoms with Crippen molar-refractivity contribution in [3.63, 3.8) is 0 Å². The largest absolute Gasteiger partial charge is 0.497 e. The zero-order chi connectivity index (χ0) is 21.1. The summed E-state index contributed by atoms with van der Waals surface area (Å²) in [6.45, 7) is 0. The van der Waals surface area contributed by atoms with Crippen molar-refractivity contribution in [2.45, 2.75) is 0 Å². The number of nitrogens with zero attached hydrogens (tertiary/aromatic N) is 2. The number of nitriles is 1. The Morgan fingerprint density at radius 1 is 1.13 bits per heavy atom. The van der Waals surface area contributed by atoms with Gasteiger partial charge in [-0.2, -0.15) is 5.26 Å². The molecule has 0 atom stereocenters. The highest BCUT2D eigenvalue weighted by atomic mass is 16.5. The lowest BCUT2D eigenvalue weighted by molar-refractivity contribution is 0.0600. The number of ether oxygens (including phenoxy) is 2. The summed E-state index contributed by atoms with van der Waals surface area (Å²) >= 11 is 0. The molecule has 7 nitrogen and oxygen atoms in total. The molecule has 1 N–H and O–H groups in total. The molecule has 4 rings (SSSR count). The first-order valence-corrected chi connectivity index (χ1v) is 9.06. The predicted molar refractivity (Wildman–Crippen MR) is 112 cm³/mol. The molecule has 0 saturated carbocycles. The van der Waals surface area contributed by atoms with E-state index in [-0.39, 0.29) is 0 Å². The Morgan fingerprint density at radius 2 is 1.93 bits per heavy atom. The Kier molecular flexibility index (Phi) is 5.06. The highest BCUT2D eigenvalue weighted by molar-refractivity contribution is 5.91. The minimum atomic E-state index is -0.397. The lowest BCUT2D eigenvalue weighted by Gasteiger charge is -2.00. The van der Waals surface area contributed by atoms with Crippen molar-refractivity contribution >= 4 is 28.7 Å². The third-order valence-electron chi connectivity index (χ3n) is 4.57. The number of furan rings is 1. The van der Waals surface area contributed by atoms with Gasteiger partial charge in [0.25, 0.3) is 0 Å². The van der Waals surface area contributed by atoms with Gasteiger partial charge in [0.2, 0.25) is 0 Å². The van der Waals surface area contributed by atoms with Crippen LogP contribution in [0.4, 0.5) is 0 Å². The van der Waals surface area contributed by atoms with Crippen LogP contribution in [0.15, 0.2) is 59.0 Å². The summed E-state index contributed by atoms with van der Waals surface area (Å²) < 4.78 is 15.8. The summed E-state index contributed by atoms with van der Waals surface area (Å²) in [7, 11) is 2.93. The average Bonchev–Trinajstić information content (AvgIpc) is 3.43. The molecule has 0 fully saturated rings. The number of carbonyl (C=O) groups is 1. The Labute approximate surface area is 172 Å². The van der Waals surface area contributed by atoms with Crippen LogP contribution in [-0.2, 0) is 4.74 Å². The highest BCUT2D eigenvalue weighted by Gasteiger charge is 2.11. The van der Waals surface area contributed by atoms with E-state index < -0.39 is 5.97 Å². The second-order valence-electron chi connectivity index (χ2n) is 6.41. The van der Waals surface area contributed by atoms with Crippen LogP contribution in [-0.4, -0.2) is 30.2 Å². The maximum Gasteiger partial charge on any atom is 0.337 e. The number of esters is 1. The number of aromatic nitrogens is 2. The van der Waals surface area contributed by atoms with Crippen molar-refractivity contribution in [2.75, 3.05) is 14.2 Å². The summed E-state index contributed by atoms with van der Waals surface area (Å²) in [6.07, 6.45) is 1.63. The van der Waals surface area contributed by atoms with Crippen LogP contribution in [0.5, 0.6) is 5.75 Å². The summed E-state index contributed by atoms with van der Waals surface area (Å²) in [5.74, 6) is 1.88. The standard InChI is InChI=1S/C23H17N3O4/c1-28-17-7-9-19-20(12-17)26-22(25-19)16(13-24)11-18-8-10-21(30-18)14-3-5-15(6-4-14)23(27)29-2/h3-12H,1-2H3,(H,25,26)/b16-11+. The van der Waals surface area contributed by atoms with Gasteiger partial charge >= 0.3 is 5.97 Å². The molecule has 2 aromatic carbocycles. The summed E-state index contributed by atoms with van der Waals surface area (Å²) in [4.78, 5) is 19.2. The molecular formula is C23H17N3O4. The molecule has 0 amide bonds. The number of nitrogens with one attached hydrogen (secondary N) is 1. The smallest absolute Gasteiger partial charge is 0.337 e. The first kappa shape index (κ1) is 19.0. The van der Waals surface area contributed by atoms with Crippen molar-refractivity contribution in [3.8, 4) is 23.1 Å². The first-order chi connectivity index (χ1) is 14.6. The molecule has 0 unspecified atom stereocenters. The van der Waals surface area contributed by atoms with Gasteiger partial charge in [0.1, 0.15) is 29.2 Å². The van der Waals surface area contributed by atoms with Gasteiger partial charge < -0.3 is 18.9 Å². The van der Waals surface area contributed by atoms with Crippen molar-refractivity contribution in [1.82, 2.24) is 9.97 Å². The number of carbonyl (C=O) groups excluding carboxylic acids is 1. The minimum Gasteiger partial charge on any atom is -0.497 e. The summed E-state index contributed by atoms with van der Waals surface area (Å²) in [5.41, 5.74) is 3.11. The van der Waals surface area contributed by atoms with Gasteiger partial charge in [-0.1, -0.05) is 12.1 Å². The molecule has 7 heteroatoms. The average molecular weight is 399 g/mol. The van der Waals surface area contributed by atoms with E-state index in [4.69, 9.17) is 13.9 Å². The van der Waals surface area contributed by atoms with E-state index in [0.29, 0.717) is 34.2 Å². The molecule has 0 saturated heterocycles. The van der Waals surface area contributed by atoms with Crippen LogP contribution in [0, 0.1) is 11.3 Å². The third kappa shape index (κ3) is 3.66. The number of allylic oxidation sites excluding steroid dienone is 1. The first-order valence-electron chi connectivity index (χ1n) is 9.06. The van der Waals surface area contributed by atoms with Crippen molar-refractivity contribution in [1.29, 1.82) is 5.26 Å². The van der Waals surface area contributed by atoms with Gasteiger partial charge in [-0.25, -0.2) is 9.78 Å². The fraction of sp³-hybridized carbons (Fsp3) is 0.0870. The second kappa shape index (κ2) is 7.97. The molecule has 0 aliphatic carbocycles. The van der Waals surface area contributed by atoms with E-state index in [9.17, 15) is 10.1 Å². The Morgan fingerprint density at radius 3 is 2.63 bits per heavy atom. The molecule has 0 spiro atoms. The second-order valence-corrected chi connectivity index (χ2v) is 6.41. The number of aromatic amines is 1. The zero-order valence-corrected chi connectivity index (χ0v) is 16.3. The molecule has 0 radical (unpaired) electrons. The van der Waals surface area contributed by atoms with Gasteiger partial charge in [0.15, 0.2) is 0 Å². The van der Waals surface area contributed by atoms with Crippen LogP contribution < -0.4 is 4.74 Å². The van der Waals surface area contributed by atoms with Gasteiger partial charge in [-0.3, -0.25) is 0 Å². The number of H-pyrrole nitrogens is 1. The minimum absolute atomic E-state index is 0.340. The molecule has 0 aliphatic heterocycles. The highest BCUT2D eigenvalue weighted by Crippen LogP contribution is 2.26. The maximum atomic E-state index is 11.6. The Balaban J connectivity index is 1.62. The van der Waals surface area contributed by atoms with E-state index in [1.165, 1.54) is 7.11 Å².